The van der Waals surface area contributed by atoms with Crippen LogP contribution in [0.25, 0.3) is 0 Å². The van der Waals surface area contributed by atoms with Gasteiger partial charge in [-0.25, -0.2) is 0 Å². The van der Waals surface area contributed by atoms with Gasteiger partial charge >= 0.3 is 0 Å². The van der Waals surface area contributed by atoms with Gasteiger partial charge in [0, 0.05) is 29.8 Å². The van der Waals surface area contributed by atoms with Gasteiger partial charge in [0.1, 0.15) is 0 Å². The van der Waals surface area contributed by atoms with Crippen LogP contribution in [0, 0.1) is 0 Å². The minimum absolute atomic E-state index is 0.634. The van der Waals surface area contributed by atoms with Crippen molar-refractivity contribution in [2.24, 2.45) is 0 Å². The second-order valence-corrected chi connectivity index (χ2v) is 5.17. The van der Waals surface area contributed by atoms with E-state index in [4.69, 9.17) is 4.74 Å². The SMILES string of the molecule is COCc1ccccc1NCc1ccc(SC)cc1. The molecule has 2 nitrogen and oxygen atoms in total. The molecule has 0 amide bonds. The fourth-order valence-corrected chi connectivity index (χ4v) is 2.32. The van der Waals surface area contributed by atoms with E-state index in [9.17, 15) is 0 Å². The van der Waals surface area contributed by atoms with E-state index in [1.165, 1.54) is 16.0 Å². The number of rotatable bonds is 6. The first-order valence-electron chi connectivity index (χ1n) is 6.27. The molecule has 0 spiro atoms. The Kier molecular flexibility index (Phi) is 5.31. The summed E-state index contributed by atoms with van der Waals surface area (Å²) in [6.45, 7) is 1.46. The quantitative estimate of drug-likeness (QED) is 0.798. The van der Waals surface area contributed by atoms with Crippen LogP contribution in [0.4, 0.5) is 5.69 Å². The van der Waals surface area contributed by atoms with E-state index in [2.05, 4.69) is 48.0 Å². The molecule has 0 radical (unpaired) electrons. The molecule has 19 heavy (non-hydrogen) atoms. The standard InChI is InChI=1S/C16H19NOS/c1-18-12-14-5-3-4-6-16(14)17-11-13-7-9-15(19-2)10-8-13/h3-10,17H,11-12H2,1-2H3. The summed E-state index contributed by atoms with van der Waals surface area (Å²) >= 11 is 1.76. The minimum atomic E-state index is 0.634. The van der Waals surface area contributed by atoms with Crippen LogP contribution < -0.4 is 5.32 Å². The molecule has 0 fully saturated rings. The number of benzene rings is 2. The van der Waals surface area contributed by atoms with Gasteiger partial charge in [-0.3, -0.25) is 0 Å². The molecule has 1 N–H and O–H groups in total. The topological polar surface area (TPSA) is 21.3 Å². The van der Waals surface area contributed by atoms with E-state index in [1.807, 2.05) is 12.1 Å². The van der Waals surface area contributed by atoms with Crippen LogP contribution in [0.2, 0.25) is 0 Å². The number of anilines is 1. The van der Waals surface area contributed by atoms with Crippen LogP contribution in [0.3, 0.4) is 0 Å². The van der Waals surface area contributed by atoms with Crippen LogP contribution in [0.1, 0.15) is 11.1 Å². The summed E-state index contributed by atoms with van der Waals surface area (Å²) in [5, 5.41) is 3.47. The highest BCUT2D eigenvalue weighted by molar-refractivity contribution is 7.98. The molecule has 0 heterocycles. The molecule has 0 bridgehead atoms. The third kappa shape index (κ3) is 4.01. The zero-order valence-electron chi connectivity index (χ0n) is 11.3. The fraction of sp³-hybridized carbons (Fsp3) is 0.250. The highest BCUT2D eigenvalue weighted by Crippen LogP contribution is 2.18. The first kappa shape index (κ1) is 14.0. The molecule has 0 atom stereocenters. The van der Waals surface area contributed by atoms with E-state index in [-0.39, 0.29) is 0 Å². The van der Waals surface area contributed by atoms with Crippen molar-refractivity contribution in [3.63, 3.8) is 0 Å². The third-order valence-electron chi connectivity index (χ3n) is 2.96. The van der Waals surface area contributed by atoms with E-state index < -0.39 is 0 Å². The van der Waals surface area contributed by atoms with Gasteiger partial charge in [-0.15, -0.1) is 11.8 Å². The lowest BCUT2D eigenvalue weighted by atomic mass is 10.1. The summed E-state index contributed by atoms with van der Waals surface area (Å²) in [5.74, 6) is 0. The van der Waals surface area contributed by atoms with Gasteiger partial charge in [-0.05, 0) is 30.0 Å². The van der Waals surface area contributed by atoms with Gasteiger partial charge in [0.25, 0.3) is 0 Å². The summed E-state index contributed by atoms with van der Waals surface area (Å²) in [5.41, 5.74) is 3.61. The van der Waals surface area contributed by atoms with Gasteiger partial charge in [0.15, 0.2) is 0 Å². The van der Waals surface area contributed by atoms with Crippen LogP contribution in [0.15, 0.2) is 53.4 Å². The maximum Gasteiger partial charge on any atom is 0.0733 e. The van der Waals surface area contributed by atoms with Crippen molar-refractivity contribution < 1.29 is 4.74 Å². The van der Waals surface area contributed by atoms with Crippen LogP contribution in [-0.2, 0) is 17.9 Å². The van der Waals surface area contributed by atoms with Crippen molar-refractivity contribution in [3.8, 4) is 0 Å². The summed E-state index contributed by atoms with van der Waals surface area (Å²) < 4.78 is 5.21. The Morgan fingerprint density at radius 2 is 1.79 bits per heavy atom. The Labute approximate surface area is 119 Å². The van der Waals surface area contributed by atoms with Crippen molar-refractivity contribution in [3.05, 3.63) is 59.7 Å². The average Bonchev–Trinajstić information content (AvgIpc) is 2.47. The van der Waals surface area contributed by atoms with Gasteiger partial charge in [-0.1, -0.05) is 30.3 Å². The second kappa shape index (κ2) is 7.22. The Balaban J connectivity index is 2.01. The molecular weight excluding hydrogens is 254 g/mol. The largest absolute Gasteiger partial charge is 0.381 e. The van der Waals surface area contributed by atoms with Crippen LogP contribution >= 0.6 is 11.8 Å². The Morgan fingerprint density at radius 3 is 2.47 bits per heavy atom. The average molecular weight is 273 g/mol. The molecule has 2 aromatic carbocycles. The monoisotopic (exact) mass is 273 g/mol. The Bertz CT molecular complexity index is 510. The Morgan fingerprint density at radius 1 is 1.05 bits per heavy atom. The second-order valence-electron chi connectivity index (χ2n) is 4.29. The number of para-hydroxylation sites is 1. The van der Waals surface area contributed by atoms with E-state index in [0.29, 0.717) is 6.61 Å². The summed E-state index contributed by atoms with van der Waals surface area (Å²) in [6.07, 6.45) is 2.09. The first-order chi connectivity index (χ1) is 9.33. The highest BCUT2D eigenvalue weighted by atomic mass is 32.2. The molecule has 0 saturated carbocycles. The number of methoxy groups -OCH3 is 1. The molecule has 100 valence electrons. The lowest BCUT2D eigenvalue weighted by Gasteiger charge is -2.11. The number of thioether (sulfide) groups is 1. The van der Waals surface area contributed by atoms with Gasteiger partial charge in [0.05, 0.1) is 6.61 Å². The third-order valence-corrected chi connectivity index (χ3v) is 3.70. The Hall–Kier alpha value is -1.45. The number of nitrogens with one attached hydrogen (secondary N) is 1. The predicted octanol–water partition coefficient (Wildman–Crippen LogP) is 4.17. The molecule has 2 aromatic rings. The lowest BCUT2D eigenvalue weighted by molar-refractivity contribution is 0.185. The minimum Gasteiger partial charge on any atom is -0.381 e. The van der Waals surface area contributed by atoms with E-state index >= 15 is 0 Å². The van der Waals surface area contributed by atoms with Crippen LogP contribution in [-0.4, -0.2) is 13.4 Å². The highest BCUT2D eigenvalue weighted by Gasteiger charge is 2.01. The molecule has 0 aliphatic carbocycles. The van der Waals surface area contributed by atoms with Gasteiger partial charge in [-0.2, -0.15) is 0 Å². The maximum absolute atomic E-state index is 5.21. The molecule has 0 aliphatic rings. The van der Waals surface area contributed by atoms with Crippen molar-refractivity contribution in [1.82, 2.24) is 0 Å². The zero-order valence-corrected chi connectivity index (χ0v) is 12.2. The lowest BCUT2D eigenvalue weighted by Crippen LogP contribution is -2.02. The molecular formula is C16H19NOS. The summed E-state index contributed by atoms with van der Waals surface area (Å²) in [4.78, 5) is 1.29. The predicted molar refractivity (Wildman–Crippen MR) is 82.7 cm³/mol. The fourth-order valence-electron chi connectivity index (χ4n) is 1.91. The molecule has 0 unspecified atom stereocenters. The number of ether oxygens (including phenoxy) is 1. The zero-order chi connectivity index (χ0) is 13.5. The number of hydrogen-bond acceptors (Lipinski definition) is 3. The van der Waals surface area contributed by atoms with E-state index in [1.54, 1.807) is 18.9 Å². The summed E-state index contributed by atoms with van der Waals surface area (Å²) in [6, 6.07) is 16.9. The normalized spacial score (nSPS) is 10.4. The van der Waals surface area contributed by atoms with Crippen LogP contribution in [0.5, 0.6) is 0 Å². The van der Waals surface area contributed by atoms with E-state index in [0.717, 1.165) is 12.2 Å². The van der Waals surface area contributed by atoms with Crippen molar-refractivity contribution in [2.75, 3.05) is 18.7 Å². The first-order valence-corrected chi connectivity index (χ1v) is 7.49. The van der Waals surface area contributed by atoms with Crippen molar-refractivity contribution >= 4 is 17.4 Å². The molecule has 0 aromatic heterocycles. The number of hydrogen-bond donors (Lipinski definition) is 1. The van der Waals surface area contributed by atoms with Crippen molar-refractivity contribution in [2.45, 2.75) is 18.0 Å². The smallest absolute Gasteiger partial charge is 0.0733 e. The molecule has 2 rings (SSSR count). The maximum atomic E-state index is 5.21. The molecule has 0 saturated heterocycles. The molecule has 3 heteroatoms. The summed E-state index contributed by atoms with van der Waals surface area (Å²) in [7, 11) is 1.72. The van der Waals surface area contributed by atoms with Gasteiger partial charge < -0.3 is 10.1 Å². The molecule has 0 aliphatic heterocycles. The van der Waals surface area contributed by atoms with Gasteiger partial charge in [0.2, 0.25) is 0 Å². The van der Waals surface area contributed by atoms with Crippen molar-refractivity contribution in [1.29, 1.82) is 0 Å².